The largest absolute Gasteiger partial charge is 0.396 e. The summed E-state index contributed by atoms with van der Waals surface area (Å²) < 4.78 is 19.6. The second-order valence-electron chi connectivity index (χ2n) is 8.71. The normalized spacial score (nSPS) is 24.0. The number of hydrogen-bond donors (Lipinski definition) is 3. The maximum absolute atomic E-state index is 12.6. The number of aromatic nitrogens is 2. The summed E-state index contributed by atoms with van der Waals surface area (Å²) in [5.41, 5.74) is -0.326. The van der Waals surface area contributed by atoms with Gasteiger partial charge in [0, 0.05) is 24.8 Å². The molecule has 1 aliphatic rings. The molecular formula is C26H30N2O7. The van der Waals surface area contributed by atoms with Crippen molar-refractivity contribution < 1.29 is 24.4 Å². The lowest BCUT2D eigenvalue weighted by atomic mass is 9.92. The van der Waals surface area contributed by atoms with E-state index in [0.29, 0.717) is 12.2 Å². The van der Waals surface area contributed by atoms with E-state index in [4.69, 9.17) is 14.2 Å². The van der Waals surface area contributed by atoms with Crippen LogP contribution in [0.3, 0.4) is 0 Å². The van der Waals surface area contributed by atoms with E-state index in [1.807, 2.05) is 60.7 Å². The summed E-state index contributed by atoms with van der Waals surface area (Å²) in [5, 5.41) is 21.2. The Hall–Kier alpha value is -3.08. The zero-order valence-corrected chi connectivity index (χ0v) is 19.5. The Morgan fingerprint density at radius 1 is 1.03 bits per heavy atom. The zero-order chi connectivity index (χ0) is 24.8. The number of H-pyrrole nitrogens is 1. The third kappa shape index (κ3) is 5.61. The molecule has 9 heteroatoms. The monoisotopic (exact) mass is 482 g/mol. The molecule has 3 aromatic rings. The van der Waals surface area contributed by atoms with E-state index in [0.717, 1.165) is 15.7 Å². The molecule has 35 heavy (non-hydrogen) atoms. The minimum absolute atomic E-state index is 0.00650. The first-order valence-electron chi connectivity index (χ1n) is 11.5. The van der Waals surface area contributed by atoms with Gasteiger partial charge in [0.15, 0.2) is 6.23 Å². The Kier molecular flexibility index (Phi) is 7.94. The second kappa shape index (κ2) is 11.1. The number of hydrogen-bond acceptors (Lipinski definition) is 7. The van der Waals surface area contributed by atoms with Crippen molar-refractivity contribution in [1.29, 1.82) is 0 Å². The zero-order valence-electron chi connectivity index (χ0n) is 19.5. The van der Waals surface area contributed by atoms with Gasteiger partial charge >= 0.3 is 5.69 Å². The lowest BCUT2D eigenvalue weighted by Crippen LogP contribution is -2.49. The summed E-state index contributed by atoms with van der Waals surface area (Å²) in [4.78, 5) is 26.7. The quantitative estimate of drug-likeness (QED) is 0.402. The summed E-state index contributed by atoms with van der Waals surface area (Å²) in [6, 6.07) is 19.0. The van der Waals surface area contributed by atoms with Crippen LogP contribution in [0.25, 0.3) is 0 Å². The number of rotatable bonds is 10. The Balaban J connectivity index is 1.64. The molecule has 0 spiro atoms. The minimum Gasteiger partial charge on any atom is -0.396 e. The lowest BCUT2D eigenvalue weighted by Gasteiger charge is -2.34. The second-order valence-corrected chi connectivity index (χ2v) is 8.71. The molecule has 0 aliphatic carbocycles. The predicted octanol–water partition coefficient (Wildman–Crippen LogP) is 1.66. The van der Waals surface area contributed by atoms with Crippen molar-refractivity contribution in [2.24, 2.45) is 0 Å². The van der Waals surface area contributed by atoms with Gasteiger partial charge in [-0.05, 0) is 18.1 Å². The van der Waals surface area contributed by atoms with Crippen molar-refractivity contribution in [3.05, 3.63) is 104 Å². The molecule has 0 radical (unpaired) electrons. The molecule has 0 saturated carbocycles. The van der Waals surface area contributed by atoms with Crippen LogP contribution < -0.4 is 11.2 Å². The number of nitrogens with zero attached hydrogens (tertiary/aromatic N) is 1. The van der Waals surface area contributed by atoms with E-state index >= 15 is 0 Å². The van der Waals surface area contributed by atoms with E-state index in [-0.39, 0.29) is 26.2 Å². The molecule has 1 saturated heterocycles. The highest BCUT2D eigenvalue weighted by molar-refractivity contribution is 5.15. The molecule has 1 fully saturated rings. The number of aliphatic hydroxyl groups excluding tert-OH is 2. The molecule has 0 amide bonds. The number of ether oxygens (including phenoxy) is 3. The molecule has 186 valence electrons. The minimum atomic E-state index is -1.27. The van der Waals surface area contributed by atoms with Gasteiger partial charge in [0.1, 0.15) is 17.8 Å². The number of nitrogens with one attached hydrogen (secondary N) is 1. The van der Waals surface area contributed by atoms with E-state index in [1.54, 1.807) is 6.92 Å². The van der Waals surface area contributed by atoms with E-state index in [2.05, 4.69) is 4.98 Å². The summed E-state index contributed by atoms with van der Waals surface area (Å²) >= 11 is 0. The van der Waals surface area contributed by atoms with Gasteiger partial charge in [0.2, 0.25) is 0 Å². The van der Waals surface area contributed by atoms with E-state index < -0.39 is 35.3 Å². The van der Waals surface area contributed by atoms with Crippen LogP contribution in [0.15, 0.2) is 76.4 Å². The fraction of sp³-hybridized carbons (Fsp3) is 0.385. The molecular weight excluding hydrogens is 452 g/mol. The Morgan fingerprint density at radius 3 is 2.29 bits per heavy atom. The maximum Gasteiger partial charge on any atom is 0.330 e. The molecule has 4 rings (SSSR count). The first kappa shape index (κ1) is 25.0. The molecule has 4 atom stereocenters. The Morgan fingerprint density at radius 2 is 1.66 bits per heavy atom. The van der Waals surface area contributed by atoms with Crippen molar-refractivity contribution in [3.8, 4) is 0 Å². The average molecular weight is 483 g/mol. The van der Waals surface area contributed by atoms with Crippen LogP contribution in [-0.4, -0.2) is 50.8 Å². The molecule has 0 bridgehead atoms. The smallest absolute Gasteiger partial charge is 0.330 e. The number of benzene rings is 2. The van der Waals surface area contributed by atoms with Crippen molar-refractivity contribution in [2.75, 3.05) is 13.2 Å². The Bertz CT molecular complexity index is 1210. The summed E-state index contributed by atoms with van der Waals surface area (Å²) in [5.74, 6) is 0. The molecule has 2 heterocycles. The fourth-order valence-electron chi connectivity index (χ4n) is 4.34. The molecule has 3 N–H and O–H groups in total. The van der Waals surface area contributed by atoms with Crippen molar-refractivity contribution in [2.45, 2.75) is 50.6 Å². The van der Waals surface area contributed by atoms with Crippen LogP contribution in [0.5, 0.6) is 0 Å². The first-order valence-corrected chi connectivity index (χ1v) is 11.5. The third-order valence-electron chi connectivity index (χ3n) is 6.16. The molecule has 1 aromatic heterocycles. The van der Waals surface area contributed by atoms with Crippen LogP contribution in [0.4, 0.5) is 0 Å². The SMILES string of the molecule is Cc1cn([C@@H]2O[C@](CCO)(COCc3ccccc3)[C@@H](OCc3ccccc3)[C@H]2O)c(=O)[nH]c1=O. The molecule has 2 aromatic carbocycles. The fourth-order valence-corrected chi connectivity index (χ4v) is 4.34. The van der Waals surface area contributed by atoms with Gasteiger partial charge in [-0.3, -0.25) is 14.3 Å². The highest BCUT2D eigenvalue weighted by Gasteiger charge is 2.56. The number of aromatic amines is 1. The van der Waals surface area contributed by atoms with Crippen LogP contribution in [0.2, 0.25) is 0 Å². The van der Waals surface area contributed by atoms with Gasteiger partial charge in [-0.25, -0.2) is 4.79 Å². The van der Waals surface area contributed by atoms with Gasteiger partial charge in [0.05, 0.1) is 19.8 Å². The van der Waals surface area contributed by atoms with Gasteiger partial charge in [-0.2, -0.15) is 0 Å². The van der Waals surface area contributed by atoms with Crippen LogP contribution in [-0.2, 0) is 27.4 Å². The number of aliphatic hydroxyl groups is 2. The van der Waals surface area contributed by atoms with E-state index in [9.17, 15) is 19.8 Å². The van der Waals surface area contributed by atoms with Crippen LogP contribution in [0, 0.1) is 6.92 Å². The molecule has 1 aliphatic heterocycles. The first-order chi connectivity index (χ1) is 16.9. The maximum atomic E-state index is 12.6. The highest BCUT2D eigenvalue weighted by Crippen LogP contribution is 2.41. The summed E-state index contributed by atoms with van der Waals surface area (Å²) in [6.45, 7) is 1.79. The lowest BCUT2D eigenvalue weighted by molar-refractivity contribution is -0.164. The molecule has 9 nitrogen and oxygen atoms in total. The van der Waals surface area contributed by atoms with Crippen LogP contribution >= 0.6 is 0 Å². The van der Waals surface area contributed by atoms with E-state index in [1.165, 1.54) is 6.20 Å². The summed E-state index contributed by atoms with van der Waals surface area (Å²) in [6.07, 6.45) is -1.89. The summed E-state index contributed by atoms with van der Waals surface area (Å²) in [7, 11) is 0. The van der Waals surface area contributed by atoms with Crippen molar-refractivity contribution in [3.63, 3.8) is 0 Å². The van der Waals surface area contributed by atoms with Gasteiger partial charge < -0.3 is 24.4 Å². The van der Waals surface area contributed by atoms with Gasteiger partial charge in [-0.15, -0.1) is 0 Å². The molecule has 0 unspecified atom stereocenters. The Labute approximate surface area is 202 Å². The topological polar surface area (TPSA) is 123 Å². The van der Waals surface area contributed by atoms with Crippen molar-refractivity contribution >= 4 is 0 Å². The predicted molar refractivity (Wildman–Crippen MR) is 128 cm³/mol. The number of aryl methyl sites for hydroxylation is 1. The third-order valence-corrected chi connectivity index (χ3v) is 6.16. The highest BCUT2D eigenvalue weighted by atomic mass is 16.6. The van der Waals surface area contributed by atoms with Crippen LogP contribution in [0.1, 0.15) is 29.3 Å². The van der Waals surface area contributed by atoms with Crippen molar-refractivity contribution in [1.82, 2.24) is 9.55 Å². The average Bonchev–Trinajstić information content (AvgIpc) is 3.12. The van der Waals surface area contributed by atoms with Gasteiger partial charge in [0.25, 0.3) is 5.56 Å². The standard InChI is InChI=1S/C26H30N2O7/c1-18-14-28(25(32)27-23(18)31)24-21(30)22(34-16-20-10-6-3-7-11-20)26(35-24,12-13-29)17-33-15-19-8-4-2-5-9-19/h2-11,14,21-22,24,29-30H,12-13,15-17H2,1H3,(H,27,31,32)/t21-,22+,24-,26-/m1/s1. The van der Waals surface area contributed by atoms with Gasteiger partial charge in [-0.1, -0.05) is 60.7 Å².